The van der Waals surface area contributed by atoms with E-state index in [-0.39, 0.29) is 6.61 Å². The Morgan fingerprint density at radius 1 is 1.15 bits per heavy atom. The molecule has 0 fully saturated rings. The third-order valence-corrected chi connectivity index (χ3v) is 3.99. The summed E-state index contributed by atoms with van der Waals surface area (Å²) >= 11 is 0. The van der Waals surface area contributed by atoms with Gasteiger partial charge in [-0.1, -0.05) is 48.1 Å². The SMILES string of the molecule is Cc1ccc(CC(NC(=O)OC(C)(C)C)C(=O)OCC2=CCCC=C2)cc1. The first-order valence-electron chi connectivity index (χ1n) is 9.30. The summed E-state index contributed by atoms with van der Waals surface area (Å²) in [6, 6.07) is 7.03. The standard InChI is InChI=1S/C22H29NO4/c1-16-10-12-17(13-11-16)14-19(23-21(25)27-22(2,3)4)20(24)26-15-18-8-6-5-7-9-18/h6,8-13,19H,5,7,14-15H2,1-4H3,(H,23,25). The van der Waals surface area contributed by atoms with Crippen molar-refractivity contribution in [1.82, 2.24) is 5.32 Å². The van der Waals surface area contributed by atoms with E-state index < -0.39 is 23.7 Å². The zero-order valence-corrected chi connectivity index (χ0v) is 16.6. The van der Waals surface area contributed by atoms with E-state index in [9.17, 15) is 9.59 Å². The van der Waals surface area contributed by atoms with Crippen molar-refractivity contribution in [2.45, 2.75) is 58.6 Å². The van der Waals surface area contributed by atoms with Gasteiger partial charge in [0.05, 0.1) is 0 Å². The Morgan fingerprint density at radius 3 is 2.44 bits per heavy atom. The molecule has 0 aromatic heterocycles. The minimum Gasteiger partial charge on any atom is -0.459 e. The molecule has 0 radical (unpaired) electrons. The van der Waals surface area contributed by atoms with Crippen molar-refractivity contribution in [2.24, 2.45) is 0 Å². The fourth-order valence-corrected chi connectivity index (χ4v) is 2.63. The number of alkyl carbamates (subject to hydrolysis) is 1. The number of aryl methyl sites for hydroxylation is 1. The lowest BCUT2D eigenvalue weighted by Gasteiger charge is -2.23. The van der Waals surface area contributed by atoms with Crippen molar-refractivity contribution in [2.75, 3.05) is 6.61 Å². The number of esters is 1. The van der Waals surface area contributed by atoms with Crippen molar-refractivity contribution in [3.63, 3.8) is 0 Å². The maximum Gasteiger partial charge on any atom is 0.408 e. The molecule has 1 N–H and O–H groups in total. The molecule has 0 saturated heterocycles. The van der Waals surface area contributed by atoms with Crippen LogP contribution in [0.15, 0.2) is 48.1 Å². The first kappa shape index (κ1) is 20.7. The van der Waals surface area contributed by atoms with Gasteiger partial charge >= 0.3 is 12.1 Å². The quantitative estimate of drug-likeness (QED) is 0.759. The van der Waals surface area contributed by atoms with Crippen LogP contribution in [0.3, 0.4) is 0 Å². The predicted molar refractivity (Wildman–Crippen MR) is 105 cm³/mol. The molecule has 5 heteroatoms. The van der Waals surface area contributed by atoms with E-state index in [1.54, 1.807) is 20.8 Å². The lowest BCUT2D eigenvalue weighted by Crippen LogP contribution is -2.45. The highest BCUT2D eigenvalue weighted by molar-refractivity contribution is 5.82. The summed E-state index contributed by atoms with van der Waals surface area (Å²) in [4.78, 5) is 24.8. The Morgan fingerprint density at radius 2 is 1.85 bits per heavy atom. The van der Waals surface area contributed by atoms with Crippen LogP contribution in [-0.4, -0.2) is 30.3 Å². The number of nitrogens with one attached hydrogen (secondary N) is 1. The Balaban J connectivity index is 2.03. The molecule has 5 nitrogen and oxygen atoms in total. The Labute approximate surface area is 161 Å². The third-order valence-electron chi connectivity index (χ3n) is 3.99. The largest absolute Gasteiger partial charge is 0.459 e. The van der Waals surface area contributed by atoms with Crippen LogP contribution < -0.4 is 5.32 Å². The Kier molecular flexibility index (Phi) is 7.22. The van der Waals surface area contributed by atoms with Crippen LogP contribution in [0.2, 0.25) is 0 Å². The summed E-state index contributed by atoms with van der Waals surface area (Å²) in [6.07, 6.45) is 7.75. The molecule has 1 unspecified atom stereocenters. The summed E-state index contributed by atoms with van der Waals surface area (Å²) < 4.78 is 10.7. The average molecular weight is 371 g/mol. The molecule has 2 rings (SSSR count). The highest BCUT2D eigenvalue weighted by Crippen LogP contribution is 2.13. The second-order valence-electron chi connectivity index (χ2n) is 7.76. The van der Waals surface area contributed by atoms with Gasteiger partial charge in [0, 0.05) is 6.42 Å². The number of benzene rings is 1. The fraction of sp³-hybridized carbons (Fsp3) is 0.455. The first-order valence-corrected chi connectivity index (χ1v) is 9.30. The maximum absolute atomic E-state index is 12.6. The lowest BCUT2D eigenvalue weighted by molar-refractivity contribution is -0.145. The Hall–Kier alpha value is -2.56. The smallest absolute Gasteiger partial charge is 0.408 e. The number of carbonyl (C=O) groups excluding carboxylic acids is 2. The van der Waals surface area contributed by atoms with Crippen molar-refractivity contribution in [1.29, 1.82) is 0 Å². The van der Waals surface area contributed by atoms with E-state index in [1.165, 1.54) is 0 Å². The summed E-state index contributed by atoms with van der Waals surface area (Å²) in [5, 5.41) is 2.65. The zero-order chi connectivity index (χ0) is 19.9. The van der Waals surface area contributed by atoms with E-state index in [0.29, 0.717) is 6.42 Å². The second kappa shape index (κ2) is 9.40. The number of rotatable bonds is 6. The Bertz CT molecular complexity index is 711. The lowest BCUT2D eigenvalue weighted by atomic mass is 10.0. The first-order chi connectivity index (χ1) is 12.7. The van der Waals surface area contributed by atoms with E-state index in [2.05, 4.69) is 17.5 Å². The van der Waals surface area contributed by atoms with Gasteiger partial charge in [0.15, 0.2) is 0 Å². The molecule has 27 heavy (non-hydrogen) atoms. The maximum atomic E-state index is 12.6. The minimum absolute atomic E-state index is 0.204. The van der Waals surface area contributed by atoms with Gasteiger partial charge in [-0.2, -0.15) is 0 Å². The second-order valence-corrected chi connectivity index (χ2v) is 7.76. The molecular formula is C22H29NO4. The average Bonchev–Trinajstić information content (AvgIpc) is 2.60. The van der Waals surface area contributed by atoms with E-state index in [0.717, 1.165) is 29.5 Å². The van der Waals surface area contributed by atoms with Crippen molar-refractivity contribution in [3.05, 3.63) is 59.2 Å². The van der Waals surface area contributed by atoms with Crippen LogP contribution in [-0.2, 0) is 20.7 Å². The summed E-state index contributed by atoms with van der Waals surface area (Å²) in [5.74, 6) is -0.471. The number of carbonyl (C=O) groups is 2. The molecule has 1 aromatic carbocycles. The highest BCUT2D eigenvalue weighted by atomic mass is 16.6. The van der Waals surface area contributed by atoms with Gasteiger partial charge in [-0.15, -0.1) is 0 Å². The van der Waals surface area contributed by atoms with Crippen LogP contribution in [0, 0.1) is 6.92 Å². The van der Waals surface area contributed by atoms with E-state index in [1.807, 2.05) is 37.3 Å². The zero-order valence-electron chi connectivity index (χ0n) is 16.6. The minimum atomic E-state index is -0.810. The molecule has 0 spiro atoms. The van der Waals surface area contributed by atoms with E-state index in [4.69, 9.17) is 9.47 Å². The van der Waals surface area contributed by atoms with Gasteiger partial charge in [0.25, 0.3) is 0 Å². The molecule has 0 saturated carbocycles. The molecule has 1 aromatic rings. The molecule has 0 bridgehead atoms. The molecule has 1 aliphatic rings. The monoisotopic (exact) mass is 371 g/mol. The van der Waals surface area contributed by atoms with Crippen molar-refractivity contribution < 1.29 is 19.1 Å². The van der Waals surface area contributed by atoms with Crippen molar-refractivity contribution >= 4 is 12.1 Å². The summed E-state index contributed by atoms with van der Waals surface area (Å²) in [5.41, 5.74) is 2.41. The topological polar surface area (TPSA) is 64.6 Å². The number of hydrogen-bond donors (Lipinski definition) is 1. The third kappa shape index (κ3) is 7.69. The van der Waals surface area contributed by atoms with Gasteiger partial charge in [0.2, 0.25) is 0 Å². The van der Waals surface area contributed by atoms with Crippen molar-refractivity contribution in [3.8, 4) is 0 Å². The van der Waals surface area contributed by atoms with Gasteiger partial charge < -0.3 is 14.8 Å². The molecule has 1 atom stereocenters. The molecule has 146 valence electrons. The number of allylic oxidation sites excluding steroid dienone is 2. The molecule has 0 heterocycles. The molecule has 0 aliphatic heterocycles. The van der Waals surface area contributed by atoms with E-state index >= 15 is 0 Å². The molecular weight excluding hydrogens is 342 g/mol. The number of hydrogen-bond acceptors (Lipinski definition) is 4. The van der Waals surface area contributed by atoms with Crippen LogP contribution in [0.5, 0.6) is 0 Å². The molecule has 1 aliphatic carbocycles. The number of ether oxygens (including phenoxy) is 2. The summed E-state index contributed by atoms with van der Waals surface area (Å²) in [6.45, 7) is 7.54. The predicted octanol–water partition coefficient (Wildman–Crippen LogP) is 4.25. The van der Waals surface area contributed by atoms with Gasteiger partial charge in [-0.05, 0) is 51.7 Å². The van der Waals surface area contributed by atoms with Crippen LogP contribution >= 0.6 is 0 Å². The van der Waals surface area contributed by atoms with Crippen LogP contribution in [0.25, 0.3) is 0 Å². The van der Waals surface area contributed by atoms with Gasteiger partial charge in [-0.3, -0.25) is 0 Å². The normalized spacial score (nSPS) is 14.9. The van der Waals surface area contributed by atoms with Gasteiger partial charge in [0.1, 0.15) is 18.2 Å². The van der Waals surface area contributed by atoms with Crippen LogP contribution in [0.1, 0.15) is 44.7 Å². The summed E-state index contributed by atoms with van der Waals surface area (Å²) in [7, 11) is 0. The van der Waals surface area contributed by atoms with Crippen LogP contribution in [0.4, 0.5) is 4.79 Å². The fourth-order valence-electron chi connectivity index (χ4n) is 2.63. The highest BCUT2D eigenvalue weighted by Gasteiger charge is 2.26. The van der Waals surface area contributed by atoms with Gasteiger partial charge in [-0.25, -0.2) is 9.59 Å². The molecule has 1 amide bonds. The number of amides is 1.